The quantitative estimate of drug-likeness (QED) is 0.526. The minimum absolute atomic E-state index is 0.130. The van der Waals surface area contributed by atoms with Gasteiger partial charge in [-0.3, -0.25) is 9.36 Å². The van der Waals surface area contributed by atoms with Crippen LogP contribution in [0.15, 0.2) is 51.7 Å². The van der Waals surface area contributed by atoms with E-state index >= 15 is 0 Å². The molecule has 0 amide bonds. The van der Waals surface area contributed by atoms with E-state index in [1.165, 1.54) is 23.8 Å². The molecule has 1 heterocycles. The lowest BCUT2D eigenvalue weighted by Crippen LogP contribution is -2.23. The zero-order valence-electron chi connectivity index (χ0n) is 17.4. The number of pyridine rings is 1. The number of rotatable bonds is 6. The maximum Gasteiger partial charge on any atom is 0.337 e. The van der Waals surface area contributed by atoms with Gasteiger partial charge in [0.15, 0.2) is 0 Å². The average Bonchev–Trinajstić information content (AvgIpc) is 2.76. The number of carbonyl (C=O) groups is 1. The highest BCUT2D eigenvalue weighted by Crippen LogP contribution is 2.27. The van der Waals surface area contributed by atoms with Crippen molar-refractivity contribution >= 4 is 21.9 Å². The van der Waals surface area contributed by atoms with Crippen LogP contribution in [0.1, 0.15) is 32.7 Å². The Labute approximate surface area is 187 Å². The van der Waals surface area contributed by atoms with Gasteiger partial charge in [0.05, 0.1) is 18.4 Å². The van der Waals surface area contributed by atoms with E-state index in [1.54, 1.807) is 37.3 Å². The van der Waals surface area contributed by atoms with Gasteiger partial charge in [-0.2, -0.15) is 0 Å². The number of carbonyl (C=O) groups excluding carboxylic acids is 1. The predicted molar refractivity (Wildman–Crippen MR) is 119 cm³/mol. The Morgan fingerprint density at radius 1 is 1.13 bits per heavy atom. The summed E-state index contributed by atoms with van der Waals surface area (Å²) in [5, 5.41) is 0. The van der Waals surface area contributed by atoms with E-state index in [-0.39, 0.29) is 29.0 Å². The molecule has 6 nitrogen and oxygen atoms in total. The van der Waals surface area contributed by atoms with Gasteiger partial charge in [-0.05, 0) is 70.7 Å². The van der Waals surface area contributed by atoms with Crippen molar-refractivity contribution in [2.45, 2.75) is 27.0 Å². The summed E-state index contributed by atoms with van der Waals surface area (Å²) in [4.78, 5) is 25.1. The van der Waals surface area contributed by atoms with Crippen molar-refractivity contribution in [2.24, 2.45) is 5.73 Å². The highest BCUT2D eigenvalue weighted by Gasteiger charge is 2.17. The molecule has 0 aliphatic heterocycles. The fourth-order valence-corrected chi connectivity index (χ4v) is 3.67. The third kappa shape index (κ3) is 4.70. The zero-order valence-corrected chi connectivity index (χ0v) is 19.0. The number of hydrogen-bond donors (Lipinski definition) is 1. The molecular weight excluding hydrogens is 467 g/mol. The Morgan fingerprint density at radius 2 is 1.87 bits per heavy atom. The number of hydrogen-bond acceptors (Lipinski definition) is 5. The molecule has 0 aliphatic carbocycles. The molecule has 1 aromatic heterocycles. The van der Waals surface area contributed by atoms with Crippen LogP contribution in [-0.2, 0) is 17.9 Å². The minimum atomic E-state index is -0.485. The molecule has 8 heteroatoms. The van der Waals surface area contributed by atoms with Crippen LogP contribution in [0.2, 0.25) is 0 Å². The van der Waals surface area contributed by atoms with Gasteiger partial charge in [0.2, 0.25) is 0 Å². The first kappa shape index (κ1) is 22.7. The fraction of sp³-hybridized carbons (Fsp3) is 0.217. The fourth-order valence-electron chi connectivity index (χ4n) is 3.26. The molecule has 0 spiro atoms. The Balaban J connectivity index is 1.99. The third-order valence-corrected chi connectivity index (χ3v) is 5.67. The standard InChI is InChI=1S/C23H22BrFN2O4/c1-13-4-5-15(23(29)30-3)10-19(13)27-14(2)8-20(21(24)22(27)28)31-12-16-6-7-18(25)9-17(16)11-26/h4-10H,11-12,26H2,1-3H3. The summed E-state index contributed by atoms with van der Waals surface area (Å²) in [6, 6.07) is 11.1. The van der Waals surface area contributed by atoms with Crippen molar-refractivity contribution in [2.75, 3.05) is 7.11 Å². The second-order valence-electron chi connectivity index (χ2n) is 7.00. The topological polar surface area (TPSA) is 83.6 Å². The lowest BCUT2D eigenvalue weighted by molar-refractivity contribution is 0.0600. The van der Waals surface area contributed by atoms with Crippen molar-refractivity contribution in [3.63, 3.8) is 0 Å². The normalized spacial score (nSPS) is 10.8. The van der Waals surface area contributed by atoms with Crippen LogP contribution in [0, 0.1) is 19.7 Å². The van der Waals surface area contributed by atoms with Crippen LogP contribution in [0.4, 0.5) is 4.39 Å². The molecular formula is C23H22BrFN2O4. The summed E-state index contributed by atoms with van der Waals surface area (Å²) < 4.78 is 25.8. The van der Waals surface area contributed by atoms with E-state index in [1.807, 2.05) is 6.92 Å². The maximum atomic E-state index is 13.4. The first-order chi connectivity index (χ1) is 14.8. The van der Waals surface area contributed by atoms with Crippen molar-refractivity contribution in [1.29, 1.82) is 0 Å². The molecule has 31 heavy (non-hydrogen) atoms. The lowest BCUT2D eigenvalue weighted by atomic mass is 10.1. The molecule has 162 valence electrons. The molecule has 0 bridgehead atoms. The van der Waals surface area contributed by atoms with Gasteiger partial charge in [-0.1, -0.05) is 12.1 Å². The van der Waals surface area contributed by atoms with Gasteiger partial charge in [-0.15, -0.1) is 0 Å². The van der Waals surface area contributed by atoms with Crippen LogP contribution >= 0.6 is 15.9 Å². The van der Waals surface area contributed by atoms with E-state index in [0.29, 0.717) is 28.3 Å². The molecule has 0 aliphatic rings. The molecule has 2 aromatic carbocycles. The Kier molecular flexibility index (Phi) is 6.92. The summed E-state index contributed by atoms with van der Waals surface area (Å²) in [7, 11) is 1.30. The second kappa shape index (κ2) is 9.45. The zero-order chi connectivity index (χ0) is 22.7. The smallest absolute Gasteiger partial charge is 0.337 e. The van der Waals surface area contributed by atoms with Gasteiger partial charge in [-0.25, -0.2) is 9.18 Å². The molecule has 0 saturated heterocycles. The van der Waals surface area contributed by atoms with E-state index in [2.05, 4.69) is 15.9 Å². The first-order valence-electron chi connectivity index (χ1n) is 9.48. The van der Waals surface area contributed by atoms with Crippen molar-refractivity contribution in [1.82, 2.24) is 4.57 Å². The van der Waals surface area contributed by atoms with E-state index in [0.717, 1.165) is 11.1 Å². The molecule has 3 rings (SSSR count). The molecule has 3 aromatic rings. The van der Waals surface area contributed by atoms with Gasteiger partial charge in [0, 0.05) is 18.3 Å². The van der Waals surface area contributed by atoms with Crippen molar-refractivity contribution in [3.8, 4) is 11.4 Å². The highest BCUT2D eigenvalue weighted by atomic mass is 79.9. The van der Waals surface area contributed by atoms with Crippen molar-refractivity contribution in [3.05, 3.63) is 91.1 Å². The van der Waals surface area contributed by atoms with Gasteiger partial charge in [0.25, 0.3) is 5.56 Å². The van der Waals surface area contributed by atoms with Crippen molar-refractivity contribution < 1.29 is 18.7 Å². The Bertz CT molecular complexity index is 1210. The van der Waals surface area contributed by atoms with Crippen LogP contribution < -0.4 is 16.0 Å². The highest BCUT2D eigenvalue weighted by molar-refractivity contribution is 9.10. The predicted octanol–water partition coefficient (Wildman–Crippen LogP) is 4.18. The minimum Gasteiger partial charge on any atom is -0.487 e. The monoisotopic (exact) mass is 488 g/mol. The number of nitrogens with two attached hydrogens (primary N) is 1. The number of aromatic nitrogens is 1. The molecule has 0 atom stereocenters. The third-order valence-electron chi connectivity index (χ3n) is 4.94. The molecule has 2 N–H and O–H groups in total. The number of methoxy groups -OCH3 is 1. The number of esters is 1. The SMILES string of the molecule is COC(=O)c1ccc(C)c(-n2c(C)cc(OCc3ccc(F)cc3CN)c(Br)c2=O)c1. The molecule has 0 saturated carbocycles. The molecule has 0 unspecified atom stereocenters. The van der Waals surface area contributed by atoms with E-state index in [4.69, 9.17) is 15.2 Å². The van der Waals surface area contributed by atoms with Crippen LogP contribution in [-0.4, -0.2) is 17.6 Å². The van der Waals surface area contributed by atoms with Crippen LogP contribution in [0.25, 0.3) is 5.69 Å². The largest absolute Gasteiger partial charge is 0.487 e. The summed E-state index contributed by atoms with van der Waals surface area (Å²) in [5.41, 5.74) is 9.08. The first-order valence-corrected chi connectivity index (χ1v) is 10.3. The van der Waals surface area contributed by atoms with Gasteiger partial charge >= 0.3 is 5.97 Å². The van der Waals surface area contributed by atoms with Gasteiger partial charge in [0.1, 0.15) is 22.6 Å². The molecule has 0 fully saturated rings. The second-order valence-corrected chi connectivity index (χ2v) is 7.80. The van der Waals surface area contributed by atoms with E-state index < -0.39 is 5.97 Å². The van der Waals surface area contributed by atoms with Crippen LogP contribution in [0.5, 0.6) is 5.75 Å². The Hall–Kier alpha value is -2.97. The number of benzene rings is 2. The summed E-state index contributed by atoms with van der Waals surface area (Å²) in [6.45, 7) is 3.93. The number of ether oxygens (including phenoxy) is 2. The number of halogens is 2. The van der Waals surface area contributed by atoms with E-state index in [9.17, 15) is 14.0 Å². The summed E-state index contributed by atoms with van der Waals surface area (Å²) >= 11 is 3.33. The Morgan fingerprint density at radius 3 is 2.55 bits per heavy atom. The number of aryl methyl sites for hydroxylation is 2. The van der Waals surface area contributed by atoms with Crippen LogP contribution in [0.3, 0.4) is 0 Å². The molecule has 0 radical (unpaired) electrons. The lowest BCUT2D eigenvalue weighted by Gasteiger charge is -2.17. The average molecular weight is 489 g/mol. The summed E-state index contributed by atoms with van der Waals surface area (Å²) in [6.07, 6.45) is 0. The number of nitrogens with zero attached hydrogens (tertiary/aromatic N) is 1. The summed E-state index contributed by atoms with van der Waals surface area (Å²) in [5.74, 6) is -0.498. The maximum absolute atomic E-state index is 13.4. The van der Waals surface area contributed by atoms with Gasteiger partial charge < -0.3 is 15.2 Å².